The summed E-state index contributed by atoms with van der Waals surface area (Å²) in [6, 6.07) is 10.2. The molecule has 0 aliphatic carbocycles. The van der Waals surface area contributed by atoms with Crippen molar-refractivity contribution in [3.63, 3.8) is 0 Å². The second kappa shape index (κ2) is 10.1. The first-order valence-electron chi connectivity index (χ1n) is 11.0. The van der Waals surface area contributed by atoms with Crippen molar-refractivity contribution >= 4 is 28.6 Å². The summed E-state index contributed by atoms with van der Waals surface area (Å²) < 4.78 is 82.3. The van der Waals surface area contributed by atoms with Crippen LogP contribution in [0.3, 0.4) is 0 Å². The molecule has 1 heterocycles. The van der Waals surface area contributed by atoms with Crippen LogP contribution in [0.15, 0.2) is 59.6 Å². The highest BCUT2D eigenvalue weighted by Gasteiger charge is 2.30. The third-order valence-electron chi connectivity index (χ3n) is 6.04. The fourth-order valence-corrected chi connectivity index (χ4v) is 4.77. The van der Waals surface area contributed by atoms with Crippen LogP contribution in [0.25, 0.3) is 22.0 Å². The second-order valence-electron chi connectivity index (χ2n) is 8.39. The summed E-state index contributed by atoms with van der Waals surface area (Å²) in [4.78, 5) is 16.8. The monoisotopic (exact) mass is 534 g/mol. The highest BCUT2D eigenvalue weighted by Crippen LogP contribution is 2.35. The van der Waals surface area contributed by atoms with Gasteiger partial charge in [0.1, 0.15) is 5.82 Å². The zero-order valence-corrected chi connectivity index (χ0v) is 20.6. The minimum atomic E-state index is -4.45. The lowest BCUT2D eigenvalue weighted by molar-refractivity contribution is -0.137. The molecule has 0 aliphatic rings. The summed E-state index contributed by atoms with van der Waals surface area (Å²) in [6.07, 6.45) is -1.74. The van der Waals surface area contributed by atoms with E-state index in [1.54, 1.807) is 18.2 Å². The molecule has 3 nitrogen and oxygen atoms in total. The molecule has 1 aromatic heterocycles. The average Bonchev–Trinajstić information content (AvgIpc) is 2.87. The molecule has 4 rings (SSSR count). The highest BCUT2D eigenvalue weighted by molar-refractivity contribution is 7.98. The molecule has 1 amide bonds. The first kappa shape index (κ1) is 26.5. The van der Waals surface area contributed by atoms with Gasteiger partial charge in [0.15, 0.2) is 11.6 Å². The van der Waals surface area contributed by atoms with Gasteiger partial charge in [-0.1, -0.05) is 30.3 Å². The van der Waals surface area contributed by atoms with Crippen LogP contribution < -0.4 is 5.32 Å². The van der Waals surface area contributed by atoms with E-state index in [0.717, 1.165) is 23.9 Å². The van der Waals surface area contributed by atoms with Crippen LogP contribution in [0.5, 0.6) is 0 Å². The van der Waals surface area contributed by atoms with Crippen molar-refractivity contribution in [2.24, 2.45) is 0 Å². The van der Waals surface area contributed by atoms with Gasteiger partial charge in [-0.2, -0.15) is 13.2 Å². The summed E-state index contributed by atoms with van der Waals surface area (Å²) >= 11 is 0.748. The number of carbonyl (C=O) groups excluding carboxylic acids is 1. The van der Waals surface area contributed by atoms with Crippen molar-refractivity contribution in [2.45, 2.75) is 31.0 Å². The van der Waals surface area contributed by atoms with Gasteiger partial charge >= 0.3 is 6.18 Å². The van der Waals surface area contributed by atoms with E-state index in [4.69, 9.17) is 0 Å². The van der Waals surface area contributed by atoms with Crippen molar-refractivity contribution in [3.8, 4) is 11.1 Å². The Morgan fingerprint density at radius 2 is 1.68 bits per heavy atom. The molecule has 1 unspecified atom stereocenters. The number of pyridine rings is 1. The number of thioether (sulfide) groups is 1. The van der Waals surface area contributed by atoms with E-state index < -0.39 is 46.0 Å². The van der Waals surface area contributed by atoms with Crippen molar-refractivity contribution in [1.82, 2.24) is 10.3 Å². The fraction of sp³-hybridized carbons (Fsp3) is 0.185. The quantitative estimate of drug-likeness (QED) is 0.161. The minimum absolute atomic E-state index is 0.103. The summed E-state index contributed by atoms with van der Waals surface area (Å²) in [5, 5.41) is 3.09. The zero-order chi connectivity index (χ0) is 27.1. The van der Waals surface area contributed by atoms with Crippen LogP contribution in [0.2, 0.25) is 0 Å². The molecule has 192 valence electrons. The smallest absolute Gasteiger partial charge is 0.345 e. The van der Waals surface area contributed by atoms with Gasteiger partial charge in [-0.3, -0.25) is 9.78 Å². The predicted molar refractivity (Wildman–Crippen MR) is 131 cm³/mol. The Labute approximate surface area is 212 Å². The molecule has 0 radical (unpaired) electrons. The summed E-state index contributed by atoms with van der Waals surface area (Å²) in [6.45, 7) is 2.73. The number of amides is 1. The molecule has 37 heavy (non-hydrogen) atoms. The Morgan fingerprint density at radius 1 is 1.00 bits per heavy atom. The van der Waals surface area contributed by atoms with Crippen LogP contribution in [-0.2, 0) is 6.18 Å². The third-order valence-corrected chi connectivity index (χ3v) is 6.81. The van der Waals surface area contributed by atoms with Crippen molar-refractivity contribution < 1.29 is 31.1 Å². The first-order valence-corrected chi connectivity index (χ1v) is 12.2. The predicted octanol–water partition coefficient (Wildman–Crippen LogP) is 7.86. The topological polar surface area (TPSA) is 42.0 Å². The number of hydrogen-bond acceptors (Lipinski definition) is 3. The number of nitrogens with one attached hydrogen (secondary N) is 1. The molecule has 0 fully saturated rings. The highest BCUT2D eigenvalue weighted by atomic mass is 32.2. The van der Waals surface area contributed by atoms with Gasteiger partial charge in [0.2, 0.25) is 0 Å². The number of alkyl halides is 3. The molecule has 10 heteroatoms. The summed E-state index contributed by atoms with van der Waals surface area (Å²) in [5.41, 5.74) is 0.499. The van der Waals surface area contributed by atoms with Crippen molar-refractivity contribution in [2.75, 3.05) is 6.26 Å². The van der Waals surface area contributed by atoms with E-state index in [0.29, 0.717) is 22.0 Å². The van der Waals surface area contributed by atoms with Gasteiger partial charge in [0.05, 0.1) is 27.6 Å². The normalized spacial score (nSPS) is 12.6. The molecule has 0 saturated carbocycles. The first-order chi connectivity index (χ1) is 17.4. The van der Waals surface area contributed by atoms with Crippen molar-refractivity contribution in [3.05, 3.63) is 94.4 Å². The Morgan fingerprint density at radius 3 is 2.30 bits per heavy atom. The van der Waals surface area contributed by atoms with Crippen molar-refractivity contribution in [1.29, 1.82) is 0 Å². The Hall–Kier alpha value is -3.53. The Kier molecular flexibility index (Phi) is 7.23. The van der Waals surface area contributed by atoms with Crippen LogP contribution in [0.1, 0.15) is 40.0 Å². The lowest BCUT2D eigenvalue weighted by Gasteiger charge is -2.20. The zero-order valence-electron chi connectivity index (χ0n) is 19.8. The minimum Gasteiger partial charge on any atom is -0.345 e. The van der Waals surface area contributed by atoms with Crippen LogP contribution in [0, 0.1) is 24.4 Å². The molecule has 0 spiro atoms. The van der Waals surface area contributed by atoms with Gasteiger partial charge in [0, 0.05) is 22.7 Å². The summed E-state index contributed by atoms with van der Waals surface area (Å²) in [7, 11) is 0. The number of hydrogen-bond donors (Lipinski definition) is 1. The number of aromatic nitrogens is 1. The van der Waals surface area contributed by atoms with E-state index >= 15 is 0 Å². The maximum atomic E-state index is 14.7. The molecule has 3 aromatic carbocycles. The molecule has 0 aliphatic heterocycles. The van der Waals surface area contributed by atoms with Gasteiger partial charge in [-0.15, -0.1) is 11.8 Å². The number of benzene rings is 3. The average molecular weight is 535 g/mol. The van der Waals surface area contributed by atoms with Crippen LogP contribution >= 0.6 is 11.8 Å². The lowest BCUT2D eigenvalue weighted by Crippen LogP contribution is -2.28. The van der Waals surface area contributed by atoms with E-state index in [1.807, 2.05) is 0 Å². The van der Waals surface area contributed by atoms with Gasteiger partial charge < -0.3 is 5.32 Å². The largest absolute Gasteiger partial charge is 0.416 e. The van der Waals surface area contributed by atoms with Gasteiger partial charge in [-0.05, 0) is 49.4 Å². The van der Waals surface area contributed by atoms with E-state index in [-0.39, 0.29) is 16.7 Å². The van der Waals surface area contributed by atoms with Gasteiger partial charge in [-0.25, -0.2) is 13.2 Å². The molecule has 0 saturated heterocycles. The van der Waals surface area contributed by atoms with Gasteiger partial charge in [0.25, 0.3) is 5.91 Å². The SMILES string of the molecule is CSc1c(F)c(C)c(C(C)NC(=O)c2cnc3c(-c4ccc(C(F)(F)F)cc4)cccc3c2)c(F)c1F. The summed E-state index contributed by atoms with van der Waals surface area (Å²) in [5.74, 6) is -4.07. The third kappa shape index (κ3) is 5.02. The standard InChI is InChI=1S/C27H20F6N2OS/c1-13-20(22(29)23(30)25(37-3)21(13)28)14(2)35-26(36)17-11-16-5-4-6-19(24(16)34-12-17)15-7-9-18(10-8-15)27(31,32)33/h4-12,14H,1-3H3,(H,35,36). The Balaban J connectivity index is 1.63. The van der Waals surface area contributed by atoms with Crippen LogP contribution in [-0.4, -0.2) is 17.1 Å². The number of rotatable bonds is 5. The number of halogens is 6. The Bertz CT molecular complexity index is 1470. The van der Waals surface area contributed by atoms with E-state index in [9.17, 15) is 31.1 Å². The molecule has 0 bridgehead atoms. The molecular formula is C27H20F6N2OS. The number of para-hydroxylation sites is 1. The maximum Gasteiger partial charge on any atom is 0.416 e. The number of nitrogens with zero attached hydrogens (tertiary/aromatic N) is 1. The second-order valence-corrected chi connectivity index (χ2v) is 9.20. The molecule has 1 N–H and O–H groups in total. The maximum absolute atomic E-state index is 14.7. The fourth-order valence-electron chi connectivity index (χ4n) is 4.17. The number of fused-ring (bicyclic) bond motifs is 1. The molecule has 4 aromatic rings. The lowest BCUT2D eigenvalue weighted by atomic mass is 9.99. The number of carbonyl (C=O) groups is 1. The van der Waals surface area contributed by atoms with Crippen LogP contribution in [0.4, 0.5) is 26.3 Å². The van der Waals surface area contributed by atoms with E-state index in [1.165, 1.54) is 44.5 Å². The molecular weight excluding hydrogens is 514 g/mol. The van der Waals surface area contributed by atoms with E-state index in [2.05, 4.69) is 10.3 Å². The molecule has 1 atom stereocenters.